The molecule has 3 rings (SSSR count). The molecule has 0 atom stereocenters. The van der Waals surface area contributed by atoms with E-state index in [0.717, 1.165) is 6.42 Å². The SMILES string of the molecule is Fc1c(F)c(F)c(N2[C]N3CCCC3=N2)c(F)c1F. The van der Waals surface area contributed by atoms with Crippen molar-refractivity contribution >= 4 is 11.5 Å². The average Bonchev–Trinajstić information content (AvgIpc) is 2.95. The van der Waals surface area contributed by atoms with Gasteiger partial charge in [0.2, 0.25) is 12.5 Å². The molecule has 1 aromatic carbocycles. The molecule has 0 aliphatic carbocycles. The summed E-state index contributed by atoms with van der Waals surface area (Å²) < 4.78 is 66.1. The Labute approximate surface area is 104 Å². The van der Waals surface area contributed by atoms with Crippen molar-refractivity contribution in [3.8, 4) is 0 Å². The maximum Gasteiger partial charge on any atom is 0.233 e. The number of anilines is 1. The Morgan fingerprint density at radius 1 is 0.895 bits per heavy atom. The van der Waals surface area contributed by atoms with Crippen molar-refractivity contribution in [3.05, 3.63) is 35.8 Å². The average molecular weight is 275 g/mol. The summed E-state index contributed by atoms with van der Waals surface area (Å²) in [6.45, 7) is 3.00. The number of hydrogen-bond acceptors (Lipinski definition) is 3. The Kier molecular flexibility index (Phi) is 2.61. The van der Waals surface area contributed by atoms with Crippen molar-refractivity contribution in [1.29, 1.82) is 0 Å². The first-order valence-electron chi connectivity index (χ1n) is 5.43. The number of halogens is 5. The highest BCUT2D eigenvalue weighted by molar-refractivity contribution is 5.88. The van der Waals surface area contributed by atoms with E-state index < -0.39 is 34.8 Å². The molecule has 2 aliphatic rings. The smallest absolute Gasteiger partial charge is 0.233 e. The summed E-state index contributed by atoms with van der Waals surface area (Å²) in [6, 6.07) is 0. The van der Waals surface area contributed by atoms with Crippen LogP contribution in [0, 0.1) is 35.8 Å². The van der Waals surface area contributed by atoms with E-state index in [1.807, 2.05) is 0 Å². The number of fused-ring (bicyclic) bond motifs is 1. The molecule has 1 aromatic rings. The Balaban J connectivity index is 2.09. The summed E-state index contributed by atoms with van der Waals surface area (Å²) in [5.41, 5.74) is -1.11. The van der Waals surface area contributed by atoms with Crippen molar-refractivity contribution in [2.24, 2.45) is 5.10 Å². The van der Waals surface area contributed by atoms with Crippen LogP contribution < -0.4 is 5.01 Å². The lowest BCUT2D eigenvalue weighted by Crippen LogP contribution is -2.23. The number of nitrogens with zero attached hydrogens (tertiary/aromatic N) is 3. The zero-order valence-corrected chi connectivity index (χ0v) is 9.35. The molecule has 2 heterocycles. The minimum atomic E-state index is -2.19. The quantitative estimate of drug-likeness (QED) is 0.446. The second-order valence-corrected chi connectivity index (χ2v) is 4.10. The normalized spacial score (nSPS) is 18.1. The summed E-state index contributed by atoms with van der Waals surface area (Å²) in [6.07, 6.45) is 1.37. The number of hydrogen-bond donors (Lipinski definition) is 0. The second kappa shape index (κ2) is 4.07. The lowest BCUT2D eigenvalue weighted by molar-refractivity contribution is 0.378. The van der Waals surface area contributed by atoms with E-state index in [1.165, 1.54) is 4.90 Å². The minimum Gasteiger partial charge on any atom is -0.327 e. The van der Waals surface area contributed by atoms with Crippen LogP contribution in [0.4, 0.5) is 27.6 Å². The first-order valence-corrected chi connectivity index (χ1v) is 5.43. The minimum absolute atomic E-state index is 0.490. The highest BCUT2D eigenvalue weighted by Gasteiger charge is 2.36. The van der Waals surface area contributed by atoms with Crippen LogP contribution in [0.25, 0.3) is 0 Å². The topological polar surface area (TPSA) is 18.8 Å². The van der Waals surface area contributed by atoms with Crippen molar-refractivity contribution in [2.45, 2.75) is 12.8 Å². The molecule has 2 radical (unpaired) electrons. The molecule has 100 valence electrons. The van der Waals surface area contributed by atoms with Gasteiger partial charge in [0.15, 0.2) is 23.3 Å². The molecule has 1 fully saturated rings. The summed E-state index contributed by atoms with van der Waals surface area (Å²) in [5, 5.41) is 4.34. The van der Waals surface area contributed by atoms with Gasteiger partial charge in [-0.1, -0.05) is 0 Å². The zero-order valence-electron chi connectivity index (χ0n) is 9.35. The van der Waals surface area contributed by atoms with Crippen LogP contribution in [0.3, 0.4) is 0 Å². The van der Waals surface area contributed by atoms with Crippen LogP contribution in [-0.4, -0.2) is 17.3 Å². The third-order valence-electron chi connectivity index (χ3n) is 2.92. The highest BCUT2D eigenvalue weighted by Crippen LogP contribution is 2.34. The van der Waals surface area contributed by atoms with Gasteiger partial charge in [-0.05, 0) is 6.42 Å². The summed E-state index contributed by atoms with van der Waals surface area (Å²) in [7, 11) is 0. The van der Waals surface area contributed by atoms with Gasteiger partial charge in [-0.3, -0.25) is 0 Å². The van der Waals surface area contributed by atoms with Gasteiger partial charge >= 0.3 is 0 Å². The van der Waals surface area contributed by atoms with E-state index in [1.54, 1.807) is 0 Å². The molecule has 0 amide bonds. The van der Waals surface area contributed by atoms with Gasteiger partial charge < -0.3 is 4.90 Å². The Morgan fingerprint density at radius 3 is 2.05 bits per heavy atom. The molecule has 2 aliphatic heterocycles. The predicted molar refractivity (Wildman–Crippen MR) is 55.3 cm³/mol. The molecule has 0 aromatic heterocycles. The molecule has 0 saturated carbocycles. The summed E-state index contributed by atoms with van der Waals surface area (Å²) >= 11 is 0. The molecule has 0 unspecified atom stereocenters. The lowest BCUT2D eigenvalue weighted by atomic mass is 10.2. The molecule has 8 heteroatoms. The molecule has 1 saturated heterocycles. The van der Waals surface area contributed by atoms with Crippen molar-refractivity contribution in [3.63, 3.8) is 0 Å². The molecule has 19 heavy (non-hydrogen) atoms. The Morgan fingerprint density at radius 2 is 1.47 bits per heavy atom. The Bertz CT molecular complexity index is 557. The van der Waals surface area contributed by atoms with Crippen LogP contribution in [0.5, 0.6) is 0 Å². The predicted octanol–water partition coefficient (Wildman–Crippen LogP) is 2.61. The van der Waals surface area contributed by atoms with Crippen LogP contribution in [0.15, 0.2) is 5.10 Å². The van der Waals surface area contributed by atoms with Crippen LogP contribution in [-0.2, 0) is 0 Å². The van der Waals surface area contributed by atoms with Gasteiger partial charge in [-0.15, -0.1) is 0 Å². The van der Waals surface area contributed by atoms with Crippen LogP contribution >= 0.6 is 0 Å². The van der Waals surface area contributed by atoms with Gasteiger partial charge in [0.05, 0.1) is 0 Å². The number of hydrazone groups is 1. The summed E-state index contributed by atoms with van der Waals surface area (Å²) in [5.74, 6) is -9.54. The van der Waals surface area contributed by atoms with E-state index in [9.17, 15) is 22.0 Å². The van der Waals surface area contributed by atoms with E-state index in [2.05, 4.69) is 11.8 Å². The fourth-order valence-electron chi connectivity index (χ4n) is 2.00. The second-order valence-electron chi connectivity index (χ2n) is 4.10. The molecule has 0 bridgehead atoms. The lowest BCUT2D eigenvalue weighted by Gasteiger charge is -2.17. The molecule has 0 spiro atoms. The molecule has 0 N–H and O–H groups in total. The van der Waals surface area contributed by atoms with E-state index in [0.29, 0.717) is 23.8 Å². The largest absolute Gasteiger partial charge is 0.327 e. The standard InChI is InChI=1S/C11H6F5N3/c12-6-7(13)9(15)11(10(16)8(6)14)19-4-18-3-1-2-5(18)17-19/h1-3H2. The van der Waals surface area contributed by atoms with Crippen molar-refractivity contribution in [1.82, 2.24) is 4.90 Å². The highest BCUT2D eigenvalue weighted by atomic mass is 19.2. The van der Waals surface area contributed by atoms with Gasteiger partial charge in [-0.25, -0.2) is 27.0 Å². The zero-order chi connectivity index (χ0) is 13.7. The van der Waals surface area contributed by atoms with Crippen molar-refractivity contribution < 1.29 is 22.0 Å². The third-order valence-corrected chi connectivity index (χ3v) is 2.92. The fraction of sp³-hybridized carbons (Fsp3) is 0.273. The first kappa shape index (κ1) is 12.2. The third kappa shape index (κ3) is 1.66. The van der Waals surface area contributed by atoms with E-state index in [-0.39, 0.29) is 0 Å². The van der Waals surface area contributed by atoms with Crippen molar-refractivity contribution in [2.75, 3.05) is 11.6 Å². The number of amidine groups is 1. The van der Waals surface area contributed by atoms with Gasteiger partial charge in [0.25, 0.3) is 0 Å². The monoisotopic (exact) mass is 275 g/mol. The fourth-order valence-corrected chi connectivity index (χ4v) is 2.00. The molecular weight excluding hydrogens is 269 g/mol. The van der Waals surface area contributed by atoms with Crippen LogP contribution in [0.2, 0.25) is 0 Å². The number of rotatable bonds is 1. The maximum atomic E-state index is 13.5. The van der Waals surface area contributed by atoms with Crippen LogP contribution in [0.1, 0.15) is 12.8 Å². The first-order chi connectivity index (χ1) is 9.00. The maximum absolute atomic E-state index is 13.5. The van der Waals surface area contributed by atoms with E-state index >= 15 is 0 Å². The Hall–Kier alpha value is -1.86. The molecule has 3 nitrogen and oxygen atoms in total. The van der Waals surface area contributed by atoms with Gasteiger partial charge in [0, 0.05) is 13.0 Å². The van der Waals surface area contributed by atoms with Gasteiger partial charge in [-0.2, -0.15) is 5.10 Å². The summed E-state index contributed by atoms with van der Waals surface area (Å²) in [4.78, 5) is 1.48. The van der Waals surface area contributed by atoms with Gasteiger partial charge in [0.1, 0.15) is 11.5 Å². The number of benzene rings is 1. The van der Waals surface area contributed by atoms with E-state index in [4.69, 9.17) is 0 Å². The molecular formula is C11H6F5N3.